The quantitative estimate of drug-likeness (QED) is 0.760. The Kier molecular flexibility index (Phi) is 2.83. The number of rotatable bonds is 2. The van der Waals surface area contributed by atoms with E-state index < -0.39 is 0 Å². The van der Waals surface area contributed by atoms with E-state index in [1.165, 1.54) is 0 Å². The summed E-state index contributed by atoms with van der Waals surface area (Å²) in [4.78, 5) is 11.9. The molecule has 3 heterocycles. The largest absolute Gasteiger partial charge is 0.461 e. The predicted octanol–water partition coefficient (Wildman–Crippen LogP) is 0.182. The van der Waals surface area contributed by atoms with E-state index in [0.717, 1.165) is 24.3 Å². The highest BCUT2D eigenvalue weighted by molar-refractivity contribution is 5.89. The fourth-order valence-electron chi connectivity index (χ4n) is 2.76. The summed E-state index contributed by atoms with van der Waals surface area (Å²) >= 11 is 0. The van der Waals surface area contributed by atoms with Crippen LogP contribution in [0.5, 0.6) is 0 Å². The molecule has 2 bridgehead atoms. The molecule has 0 radical (unpaired) electrons. The molecule has 1 aromatic heterocycles. The number of carbonyl (C=O) groups is 1. The van der Waals surface area contributed by atoms with Crippen LogP contribution in [0.4, 0.5) is 0 Å². The van der Waals surface area contributed by atoms with Gasteiger partial charge in [-0.05, 0) is 6.92 Å². The first kappa shape index (κ1) is 11.7. The van der Waals surface area contributed by atoms with E-state index in [1.54, 1.807) is 11.6 Å². The minimum absolute atomic E-state index is 0.0561. The second-order valence-electron chi connectivity index (χ2n) is 4.71. The van der Waals surface area contributed by atoms with Crippen LogP contribution in [0.1, 0.15) is 34.7 Å². The van der Waals surface area contributed by atoms with Crippen molar-refractivity contribution in [1.82, 2.24) is 15.1 Å². The number of aryl methyl sites for hydroxylation is 1. The Bertz CT molecular complexity index is 483. The van der Waals surface area contributed by atoms with Crippen molar-refractivity contribution in [2.75, 3.05) is 19.8 Å². The number of morpholine rings is 1. The van der Waals surface area contributed by atoms with Gasteiger partial charge in [0, 0.05) is 30.8 Å². The van der Waals surface area contributed by atoms with Gasteiger partial charge in [0.2, 0.25) is 0 Å². The summed E-state index contributed by atoms with van der Waals surface area (Å²) in [5, 5.41) is 7.79. The molecule has 1 aromatic rings. The molecule has 0 saturated carbocycles. The van der Waals surface area contributed by atoms with Gasteiger partial charge < -0.3 is 14.8 Å². The minimum atomic E-state index is -0.347. The first-order valence-corrected chi connectivity index (χ1v) is 6.27. The second-order valence-corrected chi connectivity index (χ2v) is 4.71. The molecule has 2 atom stereocenters. The van der Waals surface area contributed by atoms with Crippen LogP contribution in [0.2, 0.25) is 0 Å². The number of esters is 1. The number of carbonyl (C=O) groups excluding carboxylic acids is 1. The number of nitrogens with one attached hydrogen (secondary N) is 1. The van der Waals surface area contributed by atoms with Crippen molar-refractivity contribution in [3.8, 4) is 0 Å². The van der Waals surface area contributed by atoms with Crippen LogP contribution in [0, 0.1) is 0 Å². The summed E-state index contributed by atoms with van der Waals surface area (Å²) in [5.74, 6) is -0.347. The van der Waals surface area contributed by atoms with E-state index in [2.05, 4.69) is 10.4 Å². The molecule has 0 amide bonds. The highest BCUT2D eigenvalue weighted by Gasteiger charge is 2.37. The van der Waals surface area contributed by atoms with E-state index >= 15 is 0 Å². The number of fused-ring (bicyclic) bond motifs is 4. The van der Waals surface area contributed by atoms with Crippen molar-refractivity contribution in [2.45, 2.75) is 25.4 Å². The number of hydrogen-bond acceptors (Lipinski definition) is 5. The summed E-state index contributed by atoms with van der Waals surface area (Å²) in [7, 11) is 1.88. The van der Waals surface area contributed by atoms with Gasteiger partial charge in [-0.15, -0.1) is 0 Å². The average molecular weight is 251 g/mol. The molecule has 0 unspecified atom stereocenters. The van der Waals surface area contributed by atoms with Crippen molar-refractivity contribution in [3.63, 3.8) is 0 Å². The maximum atomic E-state index is 11.9. The molecule has 6 heteroatoms. The molecule has 1 fully saturated rings. The summed E-state index contributed by atoms with van der Waals surface area (Å²) in [5.41, 5.74) is 2.50. The first-order valence-electron chi connectivity index (χ1n) is 6.27. The third kappa shape index (κ3) is 1.72. The Morgan fingerprint density at radius 1 is 1.61 bits per heavy atom. The van der Waals surface area contributed by atoms with Crippen LogP contribution in [0.3, 0.4) is 0 Å². The molecule has 1 saturated heterocycles. The van der Waals surface area contributed by atoms with Gasteiger partial charge in [0.05, 0.1) is 25.9 Å². The molecule has 1 N–H and O–H groups in total. The smallest absolute Gasteiger partial charge is 0.359 e. The van der Waals surface area contributed by atoms with Crippen LogP contribution in [0.25, 0.3) is 0 Å². The number of aromatic nitrogens is 2. The molecule has 98 valence electrons. The molecular weight excluding hydrogens is 234 g/mol. The van der Waals surface area contributed by atoms with E-state index in [4.69, 9.17) is 9.47 Å². The highest BCUT2D eigenvalue weighted by atomic mass is 16.5. The molecule has 6 nitrogen and oxygen atoms in total. The number of ether oxygens (including phenoxy) is 2. The number of nitrogens with zero attached hydrogens (tertiary/aromatic N) is 2. The van der Waals surface area contributed by atoms with Crippen LogP contribution in [0.15, 0.2) is 0 Å². The van der Waals surface area contributed by atoms with Crippen molar-refractivity contribution in [1.29, 1.82) is 0 Å². The maximum absolute atomic E-state index is 11.9. The third-order valence-corrected chi connectivity index (χ3v) is 3.50. The summed E-state index contributed by atoms with van der Waals surface area (Å²) in [6.07, 6.45) is 0.842. The molecular formula is C12H17N3O3. The monoisotopic (exact) mass is 251 g/mol. The third-order valence-electron chi connectivity index (χ3n) is 3.50. The summed E-state index contributed by atoms with van der Waals surface area (Å²) in [6.45, 7) is 3.46. The zero-order chi connectivity index (χ0) is 12.7. The normalized spacial score (nSPS) is 25.7. The highest BCUT2D eigenvalue weighted by Crippen LogP contribution is 2.31. The Balaban J connectivity index is 2.03. The van der Waals surface area contributed by atoms with Gasteiger partial charge in [0.25, 0.3) is 0 Å². The van der Waals surface area contributed by atoms with E-state index in [9.17, 15) is 4.79 Å². The van der Waals surface area contributed by atoms with E-state index in [1.807, 2.05) is 7.05 Å². The molecule has 0 aliphatic carbocycles. The van der Waals surface area contributed by atoms with Crippen molar-refractivity contribution < 1.29 is 14.3 Å². The lowest BCUT2D eigenvalue weighted by molar-refractivity contribution is 0.0364. The minimum Gasteiger partial charge on any atom is -0.461 e. The van der Waals surface area contributed by atoms with Gasteiger partial charge in [-0.25, -0.2) is 4.79 Å². The Morgan fingerprint density at radius 2 is 2.44 bits per heavy atom. The fourth-order valence-corrected chi connectivity index (χ4v) is 2.76. The van der Waals surface area contributed by atoms with Crippen molar-refractivity contribution in [2.24, 2.45) is 7.05 Å². The Morgan fingerprint density at radius 3 is 3.22 bits per heavy atom. The lowest BCUT2D eigenvalue weighted by atomic mass is 9.93. The zero-order valence-electron chi connectivity index (χ0n) is 10.6. The average Bonchev–Trinajstić information content (AvgIpc) is 2.68. The van der Waals surface area contributed by atoms with Gasteiger partial charge in [-0.1, -0.05) is 0 Å². The van der Waals surface area contributed by atoms with Gasteiger partial charge in [0.15, 0.2) is 5.69 Å². The Hall–Kier alpha value is -1.40. The Labute approximate surface area is 105 Å². The molecule has 2 aliphatic heterocycles. The zero-order valence-corrected chi connectivity index (χ0v) is 10.6. The van der Waals surface area contributed by atoms with Crippen LogP contribution >= 0.6 is 0 Å². The molecule has 0 spiro atoms. The standard InChI is InChI=1S/C12H17N3O3/c1-3-18-12(16)11-10-8-6-17-5-7(13-8)4-9(10)15(2)14-11/h7-8,13H,3-6H2,1-2H3/t7-,8-/m0/s1. The topological polar surface area (TPSA) is 65.4 Å². The maximum Gasteiger partial charge on any atom is 0.359 e. The lowest BCUT2D eigenvalue weighted by Gasteiger charge is -2.36. The molecule has 2 aliphatic rings. The van der Waals surface area contributed by atoms with E-state index in [-0.39, 0.29) is 12.0 Å². The summed E-state index contributed by atoms with van der Waals surface area (Å²) < 4.78 is 12.4. The van der Waals surface area contributed by atoms with E-state index in [0.29, 0.717) is 24.9 Å². The van der Waals surface area contributed by atoms with Gasteiger partial charge in [-0.2, -0.15) is 5.10 Å². The second kappa shape index (κ2) is 4.37. The van der Waals surface area contributed by atoms with Gasteiger partial charge in [0.1, 0.15) is 0 Å². The van der Waals surface area contributed by atoms with Crippen molar-refractivity contribution >= 4 is 5.97 Å². The molecule has 0 aromatic carbocycles. The fraction of sp³-hybridized carbons (Fsp3) is 0.667. The first-order chi connectivity index (χ1) is 8.70. The summed E-state index contributed by atoms with van der Waals surface area (Å²) in [6, 6.07) is 0.377. The van der Waals surface area contributed by atoms with Crippen molar-refractivity contribution in [3.05, 3.63) is 17.0 Å². The molecule has 18 heavy (non-hydrogen) atoms. The predicted molar refractivity (Wildman–Crippen MR) is 63.4 cm³/mol. The SMILES string of the molecule is CCOC(=O)c1nn(C)c2c1[C@@H]1COC[C@H](C2)N1. The van der Waals surface area contributed by atoms with Crippen LogP contribution in [-0.2, 0) is 22.9 Å². The van der Waals surface area contributed by atoms with Gasteiger partial charge in [-0.3, -0.25) is 4.68 Å². The van der Waals surface area contributed by atoms with Gasteiger partial charge >= 0.3 is 5.97 Å². The van der Waals surface area contributed by atoms with Crippen LogP contribution in [-0.4, -0.2) is 41.6 Å². The van der Waals surface area contributed by atoms with Crippen LogP contribution < -0.4 is 5.32 Å². The molecule has 3 rings (SSSR count). The number of hydrogen-bond donors (Lipinski definition) is 1. The lowest BCUT2D eigenvalue weighted by Crippen LogP contribution is -2.49.